The lowest BCUT2D eigenvalue weighted by Crippen LogP contribution is -2.48. The fraction of sp³-hybridized carbons (Fsp3) is 0.516. The Balaban J connectivity index is 1.61. The number of aromatic nitrogens is 4. The number of hydrogen-bond donors (Lipinski definition) is 1. The minimum absolute atomic E-state index is 0.0594. The van der Waals surface area contributed by atoms with E-state index < -0.39 is 11.9 Å². The molecular formula is C31H42FN7O4. The van der Waals surface area contributed by atoms with E-state index in [1.807, 2.05) is 0 Å². The number of ether oxygens (including phenoxy) is 2. The molecule has 2 amide bonds. The second-order valence-electron chi connectivity index (χ2n) is 10.6. The van der Waals surface area contributed by atoms with Crippen LogP contribution in [0.2, 0.25) is 0 Å². The molecule has 1 N–H and O–H groups in total. The molecule has 3 aromatic rings. The molecule has 1 atom stereocenters. The van der Waals surface area contributed by atoms with E-state index in [1.165, 1.54) is 16.9 Å². The predicted molar refractivity (Wildman–Crippen MR) is 160 cm³/mol. The van der Waals surface area contributed by atoms with Crippen LogP contribution in [0.3, 0.4) is 0 Å². The highest BCUT2D eigenvalue weighted by molar-refractivity contribution is 5.89. The van der Waals surface area contributed by atoms with Gasteiger partial charge in [0.2, 0.25) is 17.6 Å². The van der Waals surface area contributed by atoms with Gasteiger partial charge in [-0.15, -0.1) is 10.2 Å². The second kappa shape index (κ2) is 15.4. The average molecular weight is 596 g/mol. The van der Waals surface area contributed by atoms with Crippen molar-refractivity contribution < 1.29 is 23.5 Å². The topological polar surface area (TPSA) is 115 Å². The molecule has 1 saturated carbocycles. The van der Waals surface area contributed by atoms with Crippen LogP contribution in [0.5, 0.6) is 11.5 Å². The summed E-state index contributed by atoms with van der Waals surface area (Å²) in [5, 5.41) is 15.8. The Labute approximate surface area is 252 Å². The summed E-state index contributed by atoms with van der Waals surface area (Å²) in [7, 11) is 3.10. The lowest BCUT2D eigenvalue weighted by atomic mass is 10.0. The van der Waals surface area contributed by atoms with Gasteiger partial charge in [0, 0.05) is 18.2 Å². The molecule has 232 valence electrons. The van der Waals surface area contributed by atoms with E-state index in [1.54, 1.807) is 49.5 Å². The van der Waals surface area contributed by atoms with Crippen molar-refractivity contribution in [3.8, 4) is 22.9 Å². The highest BCUT2D eigenvalue weighted by Gasteiger charge is 2.33. The molecule has 0 unspecified atom stereocenters. The normalized spacial score (nSPS) is 14.1. The van der Waals surface area contributed by atoms with Crippen LogP contribution in [0.1, 0.15) is 57.6 Å². The Morgan fingerprint density at radius 1 is 1.02 bits per heavy atom. The summed E-state index contributed by atoms with van der Waals surface area (Å²) in [6, 6.07) is 10.2. The van der Waals surface area contributed by atoms with Crippen LogP contribution >= 0.6 is 0 Å². The van der Waals surface area contributed by atoms with E-state index >= 15 is 0 Å². The van der Waals surface area contributed by atoms with Crippen molar-refractivity contribution in [3.05, 3.63) is 53.8 Å². The Morgan fingerprint density at radius 2 is 1.72 bits per heavy atom. The third kappa shape index (κ3) is 8.28. The number of amides is 2. The molecule has 1 heterocycles. The summed E-state index contributed by atoms with van der Waals surface area (Å²) < 4.78 is 24.6. The summed E-state index contributed by atoms with van der Waals surface area (Å²) in [4.78, 5) is 32.8. The zero-order valence-corrected chi connectivity index (χ0v) is 25.5. The Morgan fingerprint density at radius 3 is 2.37 bits per heavy atom. The largest absolute Gasteiger partial charge is 0.493 e. The van der Waals surface area contributed by atoms with Crippen LogP contribution < -0.4 is 14.8 Å². The van der Waals surface area contributed by atoms with Crippen molar-refractivity contribution in [1.29, 1.82) is 0 Å². The number of carbonyl (C=O) groups excluding carboxylic acids is 2. The molecule has 1 fully saturated rings. The van der Waals surface area contributed by atoms with Gasteiger partial charge in [0.15, 0.2) is 11.5 Å². The van der Waals surface area contributed by atoms with Crippen molar-refractivity contribution in [1.82, 2.24) is 35.3 Å². The summed E-state index contributed by atoms with van der Waals surface area (Å²) in [5.41, 5.74) is 1.19. The SMILES string of the molecule is CCN(CC)CCCN(C(=O)Cn1nnc(-c2ccc(OC)c(OC)c2)n1)[C@H](C(=O)NC1CCCC1)c1ccc(F)cc1. The first-order chi connectivity index (χ1) is 20.9. The molecule has 0 spiro atoms. The average Bonchev–Trinajstić information content (AvgIpc) is 3.71. The molecule has 0 saturated heterocycles. The number of nitrogens with one attached hydrogen (secondary N) is 1. The van der Waals surface area contributed by atoms with Gasteiger partial charge in [-0.2, -0.15) is 4.80 Å². The van der Waals surface area contributed by atoms with E-state index in [-0.39, 0.29) is 24.4 Å². The van der Waals surface area contributed by atoms with E-state index in [2.05, 4.69) is 39.5 Å². The van der Waals surface area contributed by atoms with Crippen LogP contribution in [-0.2, 0) is 16.1 Å². The molecule has 43 heavy (non-hydrogen) atoms. The van der Waals surface area contributed by atoms with Gasteiger partial charge in [0.05, 0.1) is 14.2 Å². The second-order valence-corrected chi connectivity index (χ2v) is 10.6. The van der Waals surface area contributed by atoms with Gasteiger partial charge >= 0.3 is 0 Å². The van der Waals surface area contributed by atoms with Gasteiger partial charge in [-0.1, -0.05) is 38.8 Å². The Hall–Kier alpha value is -4.06. The molecule has 0 radical (unpaired) electrons. The molecular weight excluding hydrogens is 553 g/mol. The zero-order chi connectivity index (χ0) is 30.8. The number of methoxy groups -OCH3 is 2. The third-order valence-corrected chi connectivity index (χ3v) is 7.91. The van der Waals surface area contributed by atoms with Crippen molar-refractivity contribution in [2.24, 2.45) is 0 Å². The first kappa shape index (κ1) is 31.9. The minimum atomic E-state index is -0.931. The number of tetrazole rings is 1. The van der Waals surface area contributed by atoms with Crippen LogP contribution in [0.25, 0.3) is 11.4 Å². The van der Waals surface area contributed by atoms with Gasteiger partial charge in [-0.3, -0.25) is 9.59 Å². The minimum Gasteiger partial charge on any atom is -0.493 e. The van der Waals surface area contributed by atoms with Gasteiger partial charge < -0.3 is 24.6 Å². The summed E-state index contributed by atoms with van der Waals surface area (Å²) in [5.74, 6) is 0.376. The van der Waals surface area contributed by atoms with E-state index in [9.17, 15) is 14.0 Å². The van der Waals surface area contributed by atoms with E-state index in [0.29, 0.717) is 41.4 Å². The van der Waals surface area contributed by atoms with E-state index in [0.717, 1.165) is 45.3 Å². The number of halogens is 1. The smallest absolute Gasteiger partial charge is 0.247 e. The molecule has 0 bridgehead atoms. The van der Waals surface area contributed by atoms with E-state index in [4.69, 9.17) is 9.47 Å². The Kier molecular flexibility index (Phi) is 11.4. The molecule has 0 aliphatic heterocycles. The van der Waals surface area contributed by atoms with Crippen molar-refractivity contribution in [2.45, 2.75) is 64.6 Å². The first-order valence-corrected chi connectivity index (χ1v) is 14.9. The number of hydrogen-bond acceptors (Lipinski definition) is 8. The third-order valence-electron chi connectivity index (χ3n) is 7.91. The molecule has 1 aromatic heterocycles. The molecule has 4 rings (SSSR count). The van der Waals surface area contributed by atoms with Gasteiger partial charge in [-0.05, 0) is 80.0 Å². The number of nitrogens with zero attached hydrogens (tertiary/aromatic N) is 6. The highest BCUT2D eigenvalue weighted by atomic mass is 19.1. The number of carbonyl (C=O) groups is 2. The molecule has 1 aliphatic rings. The van der Waals surface area contributed by atoms with Gasteiger partial charge in [-0.25, -0.2) is 4.39 Å². The van der Waals surface area contributed by atoms with Crippen molar-refractivity contribution >= 4 is 11.8 Å². The molecule has 12 heteroatoms. The van der Waals surface area contributed by atoms with Crippen molar-refractivity contribution in [3.63, 3.8) is 0 Å². The summed E-state index contributed by atoms with van der Waals surface area (Å²) in [6.07, 6.45) is 4.57. The molecule has 1 aliphatic carbocycles. The maximum absolute atomic E-state index is 14.0. The number of benzene rings is 2. The number of rotatable bonds is 15. The molecule has 11 nitrogen and oxygen atoms in total. The first-order valence-electron chi connectivity index (χ1n) is 14.9. The lowest BCUT2D eigenvalue weighted by Gasteiger charge is -2.33. The fourth-order valence-corrected chi connectivity index (χ4v) is 5.48. The van der Waals surface area contributed by atoms with Gasteiger partial charge in [0.1, 0.15) is 18.4 Å². The summed E-state index contributed by atoms with van der Waals surface area (Å²) in [6.45, 7) is 6.82. The van der Waals surface area contributed by atoms with Crippen LogP contribution in [0.4, 0.5) is 4.39 Å². The standard InChI is InChI=1S/C31H42FN7O4/c1-5-37(6-2)18-9-19-38(29(22-12-15-24(32)16-13-22)31(41)33-25-10-7-8-11-25)28(40)21-39-35-30(34-36-39)23-14-17-26(42-3)27(20-23)43-4/h12-17,20,25,29H,5-11,18-19,21H2,1-4H3,(H,33,41)/t29-/m0/s1. The Bertz CT molecular complexity index is 1340. The van der Waals surface area contributed by atoms with Crippen LogP contribution in [0, 0.1) is 5.82 Å². The van der Waals surface area contributed by atoms with Crippen LogP contribution in [0.15, 0.2) is 42.5 Å². The monoisotopic (exact) mass is 595 g/mol. The predicted octanol–water partition coefficient (Wildman–Crippen LogP) is 3.86. The maximum Gasteiger partial charge on any atom is 0.247 e. The lowest BCUT2D eigenvalue weighted by molar-refractivity contribution is -0.142. The van der Waals surface area contributed by atoms with Gasteiger partial charge in [0.25, 0.3) is 0 Å². The van der Waals surface area contributed by atoms with Crippen molar-refractivity contribution in [2.75, 3.05) is 40.4 Å². The maximum atomic E-state index is 14.0. The highest BCUT2D eigenvalue weighted by Crippen LogP contribution is 2.31. The zero-order valence-electron chi connectivity index (χ0n) is 25.5. The summed E-state index contributed by atoms with van der Waals surface area (Å²) >= 11 is 0. The fourth-order valence-electron chi connectivity index (χ4n) is 5.48. The van der Waals surface area contributed by atoms with Crippen LogP contribution in [-0.4, -0.2) is 88.3 Å². The quantitative estimate of drug-likeness (QED) is 0.282. The molecule has 2 aromatic carbocycles.